The summed E-state index contributed by atoms with van der Waals surface area (Å²) in [6.45, 7) is 2.21. The minimum atomic E-state index is 0.291. The van der Waals surface area contributed by atoms with Gasteiger partial charge in [-0.25, -0.2) is 0 Å². The second kappa shape index (κ2) is 3.23. The van der Waals surface area contributed by atoms with Gasteiger partial charge in [-0.15, -0.1) is 0 Å². The van der Waals surface area contributed by atoms with E-state index < -0.39 is 0 Å². The molecule has 0 bridgehead atoms. The molecule has 1 spiro atoms. The van der Waals surface area contributed by atoms with E-state index in [2.05, 4.69) is 12.2 Å². The van der Waals surface area contributed by atoms with Gasteiger partial charge in [-0.05, 0) is 49.9 Å². The van der Waals surface area contributed by atoms with Crippen molar-refractivity contribution in [2.75, 3.05) is 0 Å². The Morgan fingerprint density at radius 3 is 2.67 bits per heavy atom. The normalized spacial score (nSPS) is 45.8. The molecule has 2 nitrogen and oxygen atoms in total. The third-order valence-electron chi connectivity index (χ3n) is 5.02. The zero-order chi connectivity index (χ0) is 10.5. The van der Waals surface area contributed by atoms with Gasteiger partial charge in [0.2, 0.25) is 5.91 Å². The first-order valence-electron chi connectivity index (χ1n) is 6.49. The van der Waals surface area contributed by atoms with Gasteiger partial charge in [-0.2, -0.15) is 0 Å². The molecular formula is C13H21NO. The highest BCUT2D eigenvalue weighted by Crippen LogP contribution is 2.53. The molecule has 3 aliphatic rings. The molecule has 2 heteroatoms. The van der Waals surface area contributed by atoms with Gasteiger partial charge in [0.05, 0.1) is 0 Å². The summed E-state index contributed by atoms with van der Waals surface area (Å²) >= 11 is 0. The molecule has 3 rings (SSSR count). The minimum Gasteiger partial charge on any atom is -0.353 e. The number of carbonyl (C=O) groups is 1. The topological polar surface area (TPSA) is 29.1 Å². The SMILES string of the molecule is CC1NC(=O)CC12CCCC(C1CC1)C2. The molecule has 1 heterocycles. The van der Waals surface area contributed by atoms with E-state index in [-0.39, 0.29) is 0 Å². The maximum Gasteiger partial charge on any atom is 0.220 e. The van der Waals surface area contributed by atoms with E-state index in [1.807, 2.05) is 0 Å². The van der Waals surface area contributed by atoms with Crippen molar-refractivity contribution in [1.82, 2.24) is 5.32 Å². The van der Waals surface area contributed by atoms with Crippen LogP contribution in [0.3, 0.4) is 0 Å². The summed E-state index contributed by atoms with van der Waals surface area (Å²) in [5, 5.41) is 3.12. The fourth-order valence-electron chi connectivity index (χ4n) is 3.88. The molecule has 2 aliphatic carbocycles. The number of hydrogen-bond acceptors (Lipinski definition) is 1. The van der Waals surface area contributed by atoms with Crippen molar-refractivity contribution in [3.8, 4) is 0 Å². The summed E-state index contributed by atoms with van der Waals surface area (Å²) in [7, 11) is 0. The Morgan fingerprint density at radius 1 is 1.27 bits per heavy atom. The van der Waals surface area contributed by atoms with Gasteiger partial charge in [-0.1, -0.05) is 12.8 Å². The monoisotopic (exact) mass is 207 g/mol. The summed E-state index contributed by atoms with van der Waals surface area (Å²) in [5.41, 5.74) is 0.336. The highest BCUT2D eigenvalue weighted by atomic mass is 16.2. The molecule has 0 aromatic rings. The molecule has 0 aromatic carbocycles. The highest BCUT2D eigenvalue weighted by molar-refractivity contribution is 5.79. The number of carbonyl (C=O) groups excluding carboxylic acids is 1. The van der Waals surface area contributed by atoms with Gasteiger partial charge < -0.3 is 5.32 Å². The van der Waals surface area contributed by atoms with Gasteiger partial charge in [0.1, 0.15) is 0 Å². The standard InChI is InChI=1S/C13H21NO/c1-9-13(8-12(15)14-9)6-2-3-11(7-13)10-4-5-10/h9-11H,2-8H2,1H3,(H,14,15). The molecule has 1 aliphatic heterocycles. The van der Waals surface area contributed by atoms with E-state index in [1.54, 1.807) is 0 Å². The molecule has 15 heavy (non-hydrogen) atoms. The van der Waals surface area contributed by atoms with E-state index in [9.17, 15) is 4.79 Å². The van der Waals surface area contributed by atoms with Crippen LogP contribution in [0.1, 0.15) is 51.9 Å². The Bertz CT molecular complexity index is 284. The first-order chi connectivity index (χ1) is 7.20. The largest absolute Gasteiger partial charge is 0.353 e. The Hall–Kier alpha value is -0.530. The van der Waals surface area contributed by atoms with E-state index >= 15 is 0 Å². The molecule has 1 amide bonds. The minimum absolute atomic E-state index is 0.291. The van der Waals surface area contributed by atoms with Crippen molar-refractivity contribution in [2.45, 2.75) is 57.9 Å². The van der Waals surface area contributed by atoms with E-state index in [1.165, 1.54) is 38.5 Å². The van der Waals surface area contributed by atoms with E-state index in [0.717, 1.165) is 18.3 Å². The van der Waals surface area contributed by atoms with Crippen LogP contribution in [0.2, 0.25) is 0 Å². The molecular weight excluding hydrogens is 186 g/mol. The molecule has 2 saturated carbocycles. The summed E-state index contributed by atoms with van der Waals surface area (Å²) in [6, 6.07) is 0.423. The lowest BCUT2D eigenvalue weighted by Gasteiger charge is -2.40. The van der Waals surface area contributed by atoms with Crippen molar-refractivity contribution in [3.63, 3.8) is 0 Å². The summed E-state index contributed by atoms with van der Waals surface area (Å²) in [6.07, 6.45) is 9.08. The average Bonchev–Trinajstić information content (AvgIpc) is 2.97. The Morgan fingerprint density at radius 2 is 2.07 bits per heavy atom. The van der Waals surface area contributed by atoms with Crippen molar-refractivity contribution in [2.24, 2.45) is 17.3 Å². The average molecular weight is 207 g/mol. The van der Waals surface area contributed by atoms with E-state index in [0.29, 0.717) is 17.4 Å². The van der Waals surface area contributed by atoms with Crippen molar-refractivity contribution >= 4 is 5.91 Å². The second-order valence-electron chi connectivity index (χ2n) is 6.02. The fourth-order valence-corrected chi connectivity index (χ4v) is 3.88. The number of rotatable bonds is 1. The lowest BCUT2D eigenvalue weighted by molar-refractivity contribution is -0.120. The fraction of sp³-hybridized carbons (Fsp3) is 0.923. The van der Waals surface area contributed by atoms with Crippen LogP contribution in [0.15, 0.2) is 0 Å². The quantitative estimate of drug-likeness (QED) is 0.703. The Balaban J connectivity index is 1.76. The van der Waals surface area contributed by atoms with Crippen LogP contribution in [0.4, 0.5) is 0 Å². The third-order valence-corrected chi connectivity index (χ3v) is 5.02. The van der Waals surface area contributed by atoms with Crippen LogP contribution in [-0.4, -0.2) is 11.9 Å². The Labute approximate surface area is 91.8 Å². The first-order valence-corrected chi connectivity index (χ1v) is 6.49. The molecule has 0 radical (unpaired) electrons. The molecule has 1 saturated heterocycles. The Kier molecular flexibility index (Phi) is 2.08. The predicted octanol–water partition coefficient (Wildman–Crippen LogP) is 2.48. The summed E-state index contributed by atoms with van der Waals surface area (Å²) < 4.78 is 0. The summed E-state index contributed by atoms with van der Waals surface area (Å²) in [4.78, 5) is 11.5. The van der Waals surface area contributed by atoms with Gasteiger partial charge in [0.25, 0.3) is 0 Å². The second-order valence-corrected chi connectivity index (χ2v) is 6.02. The molecule has 3 fully saturated rings. The maximum atomic E-state index is 11.5. The van der Waals surface area contributed by atoms with E-state index in [4.69, 9.17) is 0 Å². The smallest absolute Gasteiger partial charge is 0.220 e. The molecule has 3 unspecified atom stereocenters. The number of hydrogen-bond donors (Lipinski definition) is 1. The van der Waals surface area contributed by atoms with Crippen LogP contribution in [0.25, 0.3) is 0 Å². The van der Waals surface area contributed by atoms with Crippen molar-refractivity contribution < 1.29 is 4.79 Å². The van der Waals surface area contributed by atoms with Gasteiger partial charge >= 0.3 is 0 Å². The van der Waals surface area contributed by atoms with Crippen molar-refractivity contribution in [1.29, 1.82) is 0 Å². The maximum absolute atomic E-state index is 11.5. The number of amides is 1. The molecule has 1 N–H and O–H groups in total. The zero-order valence-corrected chi connectivity index (χ0v) is 9.59. The third kappa shape index (κ3) is 1.58. The molecule has 0 aromatic heterocycles. The van der Waals surface area contributed by atoms with Crippen LogP contribution in [-0.2, 0) is 4.79 Å². The van der Waals surface area contributed by atoms with Crippen LogP contribution in [0, 0.1) is 17.3 Å². The van der Waals surface area contributed by atoms with Crippen LogP contribution < -0.4 is 5.32 Å². The van der Waals surface area contributed by atoms with Gasteiger partial charge in [0.15, 0.2) is 0 Å². The predicted molar refractivity (Wildman–Crippen MR) is 59.3 cm³/mol. The highest BCUT2D eigenvalue weighted by Gasteiger charge is 2.49. The lowest BCUT2D eigenvalue weighted by Crippen LogP contribution is -2.38. The molecule has 84 valence electrons. The van der Waals surface area contributed by atoms with Crippen LogP contribution in [0.5, 0.6) is 0 Å². The van der Waals surface area contributed by atoms with Crippen molar-refractivity contribution in [3.05, 3.63) is 0 Å². The molecule has 3 atom stereocenters. The van der Waals surface area contributed by atoms with Gasteiger partial charge in [-0.3, -0.25) is 4.79 Å². The first kappa shape index (κ1) is 9.68. The summed E-state index contributed by atoms with van der Waals surface area (Å²) in [5.74, 6) is 2.25. The van der Waals surface area contributed by atoms with Crippen LogP contribution >= 0.6 is 0 Å². The lowest BCUT2D eigenvalue weighted by atomic mass is 9.65. The van der Waals surface area contributed by atoms with Gasteiger partial charge in [0, 0.05) is 12.5 Å². The zero-order valence-electron chi connectivity index (χ0n) is 9.59. The number of nitrogens with one attached hydrogen (secondary N) is 1.